The van der Waals surface area contributed by atoms with Gasteiger partial charge in [-0.3, -0.25) is 4.79 Å². The molecule has 1 aliphatic heterocycles. The van der Waals surface area contributed by atoms with Gasteiger partial charge in [0.25, 0.3) is 5.91 Å². The molecule has 2 aromatic rings. The summed E-state index contributed by atoms with van der Waals surface area (Å²) in [5.74, 6) is -1.96. The SMILES string of the molecule is CCCCNC(=O)N1CCN(C(=O)c2cccc(-c3noc(C(F)(F)F)n3)c2)CC1. The van der Waals surface area contributed by atoms with E-state index in [-0.39, 0.29) is 23.3 Å². The van der Waals surface area contributed by atoms with Crippen LogP contribution in [0.25, 0.3) is 11.4 Å². The number of hydrogen-bond donors (Lipinski definition) is 1. The normalized spacial score (nSPS) is 14.7. The summed E-state index contributed by atoms with van der Waals surface area (Å²) in [5, 5.41) is 6.19. The van der Waals surface area contributed by atoms with Gasteiger partial charge in [0.2, 0.25) is 5.82 Å². The topological polar surface area (TPSA) is 91.6 Å². The van der Waals surface area contributed by atoms with Gasteiger partial charge in [-0.25, -0.2) is 4.79 Å². The predicted molar refractivity (Wildman–Crippen MR) is 101 cm³/mol. The van der Waals surface area contributed by atoms with Crippen molar-refractivity contribution >= 4 is 11.9 Å². The number of urea groups is 1. The number of aromatic nitrogens is 2. The lowest BCUT2D eigenvalue weighted by Crippen LogP contribution is -2.53. The number of alkyl halides is 3. The van der Waals surface area contributed by atoms with Gasteiger partial charge in [0.1, 0.15) is 0 Å². The number of nitrogens with zero attached hydrogens (tertiary/aromatic N) is 4. The van der Waals surface area contributed by atoms with E-state index in [0.29, 0.717) is 38.3 Å². The minimum Gasteiger partial charge on any atom is -0.338 e. The van der Waals surface area contributed by atoms with Gasteiger partial charge in [-0.1, -0.05) is 30.6 Å². The quantitative estimate of drug-likeness (QED) is 0.744. The monoisotopic (exact) mass is 425 g/mol. The Kier molecular flexibility index (Phi) is 6.58. The summed E-state index contributed by atoms with van der Waals surface area (Å²) in [5.41, 5.74) is 0.542. The smallest absolute Gasteiger partial charge is 0.338 e. The maximum atomic E-state index is 12.8. The standard InChI is InChI=1S/C19H22F3N5O3/c1-2-3-7-23-18(29)27-10-8-26(9-11-27)16(28)14-6-4-5-13(12-14)15-24-17(30-25-15)19(20,21)22/h4-6,12H,2-3,7-11H2,1H3,(H,23,29). The fourth-order valence-electron chi connectivity index (χ4n) is 3.03. The number of rotatable bonds is 5. The molecule has 30 heavy (non-hydrogen) atoms. The molecule has 0 bridgehead atoms. The molecule has 0 spiro atoms. The predicted octanol–water partition coefficient (Wildman–Crippen LogP) is 3.02. The van der Waals surface area contributed by atoms with Gasteiger partial charge in [-0.15, -0.1) is 0 Å². The number of benzene rings is 1. The number of unbranched alkanes of at least 4 members (excludes halogenated alkanes) is 1. The molecule has 0 unspecified atom stereocenters. The van der Waals surface area contributed by atoms with Crippen LogP contribution in [-0.2, 0) is 6.18 Å². The molecule has 0 radical (unpaired) electrons. The Morgan fingerprint density at radius 2 is 1.87 bits per heavy atom. The van der Waals surface area contributed by atoms with E-state index in [9.17, 15) is 22.8 Å². The fourth-order valence-corrected chi connectivity index (χ4v) is 3.03. The summed E-state index contributed by atoms with van der Waals surface area (Å²) < 4.78 is 42.2. The third kappa shape index (κ3) is 5.08. The van der Waals surface area contributed by atoms with Crippen LogP contribution in [0, 0.1) is 0 Å². The molecule has 0 aliphatic carbocycles. The molecule has 162 valence electrons. The van der Waals surface area contributed by atoms with Crippen molar-refractivity contribution in [2.24, 2.45) is 0 Å². The van der Waals surface area contributed by atoms with Crippen molar-refractivity contribution in [3.05, 3.63) is 35.7 Å². The van der Waals surface area contributed by atoms with Crippen LogP contribution in [-0.4, -0.2) is 64.6 Å². The van der Waals surface area contributed by atoms with Gasteiger partial charge >= 0.3 is 18.1 Å². The Balaban J connectivity index is 1.62. The number of halogens is 3. The van der Waals surface area contributed by atoms with Crippen LogP contribution in [0.5, 0.6) is 0 Å². The highest BCUT2D eigenvalue weighted by molar-refractivity contribution is 5.95. The van der Waals surface area contributed by atoms with Crippen molar-refractivity contribution in [1.29, 1.82) is 0 Å². The van der Waals surface area contributed by atoms with Gasteiger partial charge in [-0.05, 0) is 18.6 Å². The molecule has 1 aliphatic rings. The largest absolute Gasteiger partial charge is 0.471 e. The van der Waals surface area contributed by atoms with E-state index in [1.807, 2.05) is 6.92 Å². The van der Waals surface area contributed by atoms with Gasteiger partial charge < -0.3 is 19.6 Å². The number of nitrogens with one attached hydrogen (secondary N) is 1. The molecule has 8 nitrogen and oxygen atoms in total. The first kappa shape index (κ1) is 21.6. The highest BCUT2D eigenvalue weighted by Gasteiger charge is 2.38. The molecule has 2 heterocycles. The highest BCUT2D eigenvalue weighted by Crippen LogP contribution is 2.29. The number of piperazine rings is 1. The zero-order valence-corrected chi connectivity index (χ0v) is 16.4. The fraction of sp³-hybridized carbons (Fsp3) is 0.474. The number of hydrogen-bond acceptors (Lipinski definition) is 5. The van der Waals surface area contributed by atoms with Crippen molar-refractivity contribution < 1.29 is 27.3 Å². The van der Waals surface area contributed by atoms with Crippen LogP contribution >= 0.6 is 0 Å². The van der Waals surface area contributed by atoms with E-state index in [1.165, 1.54) is 12.1 Å². The molecule has 11 heteroatoms. The Labute approximate surface area is 171 Å². The number of amides is 3. The molecule has 1 fully saturated rings. The summed E-state index contributed by atoms with van der Waals surface area (Å²) in [7, 11) is 0. The summed E-state index contributed by atoms with van der Waals surface area (Å²) in [4.78, 5) is 31.5. The summed E-state index contributed by atoms with van der Waals surface area (Å²) in [6, 6.07) is 5.90. The maximum absolute atomic E-state index is 12.8. The van der Waals surface area contributed by atoms with Crippen LogP contribution in [0.2, 0.25) is 0 Å². The summed E-state index contributed by atoms with van der Waals surface area (Å²) >= 11 is 0. The van der Waals surface area contributed by atoms with Gasteiger partial charge in [0.15, 0.2) is 0 Å². The van der Waals surface area contributed by atoms with Crippen molar-refractivity contribution in [2.45, 2.75) is 25.9 Å². The molecule has 1 aromatic carbocycles. The van der Waals surface area contributed by atoms with E-state index in [4.69, 9.17) is 0 Å². The van der Waals surface area contributed by atoms with Crippen molar-refractivity contribution in [1.82, 2.24) is 25.3 Å². The van der Waals surface area contributed by atoms with Crippen molar-refractivity contribution in [3.63, 3.8) is 0 Å². The molecule has 0 atom stereocenters. The average Bonchev–Trinajstić information content (AvgIpc) is 3.24. The molecule has 1 saturated heterocycles. The first-order chi connectivity index (χ1) is 14.3. The third-order valence-corrected chi connectivity index (χ3v) is 4.70. The first-order valence-electron chi connectivity index (χ1n) is 9.63. The number of carbonyl (C=O) groups is 2. The lowest BCUT2D eigenvalue weighted by atomic mass is 10.1. The Hall–Kier alpha value is -3.11. The van der Waals surface area contributed by atoms with E-state index < -0.39 is 12.1 Å². The number of carbonyl (C=O) groups excluding carboxylic acids is 2. The molecule has 0 saturated carbocycles. The second kappa shape index (κ2) is 9.14. The maximum Gasteiger partial charge on any atom is 0.471 e. The zero-order valence-electron chi connectivity index (χ0n) is 16.4. The minimum atomic E-state index is -4.73. The average molecular weight is 425 g/mol. The van der Waals surface area contributed by atoms with Gasteiger partial charge in [0.05, 0.1) is 0 Å². The summed E-state index contributed by atoms with van der Waals surface area (Å²) in [6.07, 6.45) is -2.84. The van der Waals surface area contributed by atoms with Crippen LogP contribution < -0.4 is 5.32 Å². The van der Waals surface area contributed by atoms with Gasteiger partial charge in [0, 0.05) is 43.9 Å². The van der Waals surface area contributed by atoms with E-state index in [0.717, 1.165) is 12.8 Å². The Morgan fingerprint density at radius 3 is 2.50 bits per heavy atom. The van der Waals surface area contributed by atoms with E-state index >= 15 is 0 Å². The lowest BCUT2D eigenvalue weighted by molar-refractivity contribution is -0.159. The second-order valence-electron chi connectivity index (χ2n) is 6.87. The molecule has 1 N–H and O–H groups in total. The molecule has 3 rings (SSSR count). The molecular formula is C19H22F3N5O3. The molecular weight excluding hydrogens is 403 g/mol. The van der Waals surface area contributed by atoms with E-state index in [2.05, 4.69) is 20.0 Å². The Morgan fingerprint density at radius 1 is 1.17 bits per heavy atom. The van der Waals surface area contributed by atoms with Crippen LogP contribution in [0.1, 0.15) is 36.0 Å². The lowest BCUT2D eigenvalue weighted by Gasteiger charge is -2.34. The second-order valence-corrected chi connectivity index (χ2v) is 6.87. The van der Waals surface area contributed by atoms with Crippen LogP contribution in [0.15, 0.2) is 28.8 Å². The zero-order chi connectivity index (χ0) is 21.7. The van der Waals surface area contributed by atoms with Gasteiger partial charge in [-0.2, -0.15) is 18.2 Å². The first-order valence-corrected chi connectivity index (χ1v) is 9.63. The summed E-state index contributed by atoms with van der Waals surface area (Å²) in [6.45, 7) is 4.20. The van der Waals surface area contributed by atoms with Crippen molar-refractivity contribution in [3.8, 4) is 11.4 Å². The minimum absolute atomic E-state index is 0.143. The van der Waals surface area contributed by atoms with Crippen molar-refractivity contribution in [2.75, 3.05) is 32.7 Å². The van der Waals surface area contributed by atoms with Crippen LogP contribution in [0.4, 0.5) is 18.0 Å². The Bertz CT molecular complexity index is 892. The highest BCUT2D eigenvalue weighted by atomic mass is 19.4. The van der Waals surface area contributed by atoms with E-state index in [1.54, 1.807) is 21.9 Å². The molecule has 1 aromatic heterocycles. The third-order valence-electron chi connectivity index (χ3n) is 4.70. The van der Waals surface area contributed by atoms with Crippen LogP contribution in [0.3, 0.4) is 0 Å². The molecule has 3 amide bonds.